The Labute approximate surface area is 135 Å². The maximum Gasteiger partial charge on any atom is 0.387 e. The number of aromatic nitrogens is 1. The number of alkyl halides is 2. The molecule has 120 valence electrons. The van der Waals surface area contributed by atoms with E-state index in [0.717, 1.165) is 0 Å². The molecule has 0 saturated heterocycles. The Hall–Kier alpha value is -2.53. The van der Waals surface area contributed by atoms with Gasteiger partial charge in [0.1, 0.15) is 21.7 Å². The molecule has 5 nitrogen and oxygen atoms in total. The Balaban J connectivity index is 2.42. The van der Waals surface area contributed by atoms with Crippen LogP contribution in [0.4, 0.5) is 8.78 Å². The molecule has 1 amide bonds. The summed E-state index contributed by atoms with van der Waals surface area (Å²) in [4.78, 5) is 18.3. The quantitative estimate of drug-likeness (QED) is 0.858. The fraction of sp³-hybridized carbons (Fsp3) is 0.267. The summed E-state index contributed by atoms with van der Waals surface area (Å²) in [6.07, 6.45) is 0. The number of nitriles is 1. The SMILES string of the molecule is Cc1nc(-c2ccc(OC(F)F)c(C#N)c2)sc1C(=O)N(C)C. The highest BCUT2D eigenvalue weighted by Gasteiger charge is 2.19. The van der Waals surface area contributed by atoms with Crippen LogP contribution in [0.25, 0.3) is 10.6 Å². The van der Waals surface area contributed by atoms with Crippen LogP contribution in [0.3, 0.4) is 0 Å². The average Bonchev–Trinajstić information content (AvgIpc) is 2.88. The molecule has 0 fully saturated rings. The van der Waals surface area contributed by atoms with Gasteiger partial charge in [-0.1, -0.05) is 0 Å². The molecule has 2 aromatic rings. The van der Waals surface area contributed by atoms with E-state index in [-0.39, 0.29) is 17.2 Å². The first kappa shape index (κ1) is 16.8. The minimum Gasteiger partial charge on any atom is -0.433 e. The standard InChI is InChI=1S/C15H13F2N3O2S/c1-8-12(14(21)20(2)3)23-13(19-8)9-4-5-11(22-15(16)17)10(6-9)7-18/h4-6,15H,1-3H3. The van der Waals surface area contributed by atoms with E-state index in [4.69, 9.17) is 5.26 Å². The Morgan fingerprint density at radius 2 is 2.13 bits per heavy atom. The number of ether oxygens (including phenoxy) is 1. The molecular formula is C15H13F2N3O2S. The second-order valence-corrected chi connectivity index (χ2v) is 5.83. The van der Waals surface area contributed by atoms with Gasteiger partial charge in [-0.2, -0.15) is 14.0 Å². The molecule has 8 heteroatoms. The highest BCUT2D eigenvalue weighted by Crippen LogP contribution is 2.32. The van der Waals surface area contributed by atoms with E-state index in [2.05, 4.69) is 9.72 Å². The zero-order valence-corrected chi connectivity index (χ0v) is 13.4. The van der Waals surface area contributed by atoms with Crippen LogP contribution < -0.4 is 4.74 Å². The predicted molar refractivity (Wildman–Crippen MR) is 81.7 cm³/mol. The van der Waals surface area contributed by atoms with Gasteiger partial charge in [0.2, 0.25) is 0 Å². The van der Waals surface area contributed by atoms with Crippen LogP contribution in [-0.2, 0) is 0 Å². The zero-order chi connectivity index (χ0) is 17.1. The molecule has 0 spiro atoms. The molecule has 0 radical (unpaired) electrons. The molecule has 1 heterocycles. The average molecular weight is 337 g/mol. The van der Waals surface area contributed by atoms with Crippen molar-refractivity contribution in [2.24, 2.45) is 0 Å². The normalized spacial score (nSPS) is 10.5. The Morgan fingerprint density at radius 1 is 1.43 bits per heavy atom. The zero-order valence-electron chi connectivity index (χ0n) is 12.6. The number of aryl methyl sites for hydroxylation is 1. The number of nitrogens with zero attached hydrogens (tertiary/aromatic N) is 3. The summed E-state index contributed by atoms with van der Waals surface area (Å²) < 4.78 is 28.9. The minimum absolute atomic E-state index is 0.0175. The lowest BCUT2D eigenvalue weighted by molar-refractivity contribution is -0.0500. The van der Waals surface area contributed by atoms with E-state index < -0.39 is 6.61 Å². The molecule has 23 heavy (non-hydrogen) atoms. The van der Waals surface area contributed by atoms with Gasteiger partial charge in [-0.3, -0.25) is 4.79 Å². The molecule has 0 aliphatic rings. The minimum atomic E-state index is -3.00. The second-order valence-electron chi connectivity index (χ2n) is 4.83. The number of rotatable bonds is 4. The summed E-state index contributed by atoms with van der Waals surface area (Å²) in [5.41, 5.74) is 1.13. The summed E-state index contributed by atoms with van der Waals surface area (Å²) in [5, 5.41) is 9.61. The van der Waals surface area contributed by atoms with Gasteiger partial charge in [0.25, 0.3) is 5.91 Å². The van der Waals surface area contributed by atoms with Crippen LogP contribution in [0.15, 0.2) is 18.2 Å². The van der Waals surface area contributed by atoms with Crippen molar-refractivity contribution in [2.75, 3.05) is 14.1 Å². The highest BCUT2D eigenvalue weighted by molar-refractivity contribution is 7.17. The molecule has 0 saturated carbocycles. The molecule has 2 rings (SSSR count). The number of benzene rings is 1. The van der Waals surface area contributed by atoms with E-state index in [9.17, 15) is 13.6 Å². The fourth-order valence-corrected chi connectivity index (χ4v) is 2.95. The van der Waals surface area contributed by atoms with Crippen molar-refractivity contribution in [2.45, 2.75) is 13.5 Å². The van der Waals surface area contributed by atoms with Crippen LogP contribution in [0.1, 0.15) is 20.9 Å². The van der Waals surface area contributed by atoms with Crippen molar-refractivity contribution < 1.29 is 18.3 Å². The third kappa shape index (κ3) is 3.63. The van der Waals surface area contributed by atoms with Crippen LogP contribution in [0.5, 0.6) is 5.75 Å². The van der Waals surface area contributed by atoms with Gasteiger partial charge in [-0.15, -0.1) is 11.3 Å². The van der Waals surface area contributed by atoms with Crippen molar-refractivity contribution in [1.82, 2.24) is 9.88 Å². The molecule has 0 unspecified atom stereocenters. The first-order valence-corrected chi connectivity index (χ1v) is 7.33. The Kier molecular flexibility index (Phi) is 4.91. The van der Waals surface area contributed by atoms with Crippen molar-refractivity contribution in [3.8, 4) is 22.4 Å². The van der Waals surface area contributed by atoms with Gasteiger partial charge in [0.15, 0.2) is 0 Å². The van der Waals surface area contributed by atoms with Crippen LogP contribution >= 0.6 is 11.3 Å². The third-order valence-corrected chi connectivity index (χ3v) is 4.15. The molecule has 0 aliphatic carbocycles. The van der Waals surface area contributed by atoms with Crippen LogP contribution in [0.2, 0.25) is 0 Å². The lowest BCUT2D eigenvalue weighted by atomic mass is 10.1. The number of carbonyl (C=O) groups excluding carboxylic acids is 1. The van der Waals surface area contributed by atoms with Gasteiger partial charge in [-0.25, -0.2) is 4.98 Å². The smallest absolute Gasteiger partial charge is 0.387 e. The summed E-state index contributed by atoms with van der Waals surface area (Å²) in [7, 11) is 3.29. The number of amides is 1. The summed E-state index contributed by atoms with van der Waals surface area (Å²) in [6, 6.07) is 6.06. The molecule has 0 aliphatic heterocycles. The fourth-order valence-electron chi connectivity index (χ4n) is 1.87. The molecule has 0 bridgehead atoms. The summed E-state index contributed by atoms with van der Waals surface area (Å²) in [5.74, 6) is -0.353. The first-order valence-electron chi connectivity index (χ1n) is 6.52. The molecule has 0 atom stereocenters. The maximum atomic E-state index is 12.3. The van der Waals surface area contributed by atoms with Crippen LogP contribution in [0, 0.1) is 18.3 Å². The Morgan fingerprint density at radius 3 is 2.70 bits per heavy atom. The summed E-state index contributed by atoms with van der Waals surface area (Å²) in [6.45, 7) is -1.28. The Bertz CT molecular complexity index is 782. The van der Waals surface area contributed by atoms with E-state index in [0.29, 0.717) is 21.1 Å². The number of halogens is 2. The number of carbonyl (C=O) groups is 1. The van der Waals surface area contributed by atoms with Crippen molar-refractivity contribution in [3.63, 3.8) is 0 Å². The van der Waals surface area contributed by atoms with Gasteiger partial charge in [0, 0.05) is 19.7 Å². The number of hydrogen-bond acceptors (Lipinski definition) is 5. The van der Waals surface area contributed by atoms with Crippen molar-refractivity contribution in [3.05, 3.63) is 34.3 Å². The number of thiazole rings is 1. The third-order valence-electron chi connectivity index (χ3n) is 2.96. The molecule has 1 aromatic heterocycles. The number of hydrogen-bond donors (Lipinski definition) is 0. The monoisotopic (exact) mass is 337 g/mol. The lowest BCUT2D eigenvalue weighted by Crippen LogP contribution is -2.21. The maximum absolute atomic E-state index is 12.3. The lowest BCUT2D eigenvalue weighted by Gasteiger charge is -2.08. The van der Waals surface area contributed by atoms with E-state index in [1.807, 2.05) is 6.07 Å². The van der Waals surface area contributed by atoms with E-state index in [1.54, 1.807) is 21.0 Å². The molecule has 1 aromatic carbocycles. The van der Waals surface area contributed by atoms with E-state index in [1.165, 1.54) is 34.4 Å². The first-order chi connectivity index (χ1) is 10.8. The summed E-state index contributed by atoms with van der Waals surface area (Å²) >= 11 is 1.19. The largest absolute Gasteiger partial charge is 0.433 e. The van der Waals surface area contributed by atoms with Crippen molar-refractivity contribution >= 4 is 17.2 Å². The van der Waals surface area contributed by atoms with Gasteiger partial charge >= 0.3 is 6.61 Å². The molecular weight excluding hydrogens is 324 g/mol. The van der Waals surface area contributed by atoms with E-state index >= 15 is 0 Å². The second kappa shape index (κ2) is 6.71. The van der Waals surface area contributed by atoms with Gasteiger partial charge in [0.05, 0.1) is 11.3 Å². The van der Waals surface area contributed by atoms with Gasteiger partial charge < -0.3 is 9.64 Å². The van der Waals surface area contributed by atoms with Gasteiger partial charge in [-0.05, 0) is 25.1 Å². The van der Waals surface area contributed by atoms with Crippen molar-refractivity contribution in [1.29, 1.82) is 5.26 Å². The topological polar surface area (TPSA) is 66.2 Å². The predicted octanol–water partition coefficient (Wildman–Crippen LogP) is 3.29. The van der Waals surface area contributed by atoms with Crippen LogP contribution in [-0.4, -0.2) is 36.5 Å². The highest BCUT2D eigenvalue weighted by atomic mass is 32.1. The molecule has 0 N–H and O–H groups in total.